The summed E-state index contributed by atoms with van der Waals surface area (Å²) in [6.07, 6.45) is 0.655. The standard InChI is InChI=1S/C25H23F2N3O5S/c1-14-4-19(33-11-15-6-17(26)8-18(27)7-15)9-20(5-14)34-12-16-13-36-23-21(10-30-24(28)22(16)23)35-25(32)29-2-3-31/h4-10,13,31H,2-3,11-12H2,1H3,(H2,28,30)(H,29,32). The predicted molar refractivity (Wildman–Crippen MR) is 131 cm³/mol. The number of carbonyl (C=O) groups excluding carboxylic acids is 1. The number of fused-ring (bicyclic) bond motifs is 1. The normalized spacial score (nSPS) is 10.9. The molecule has 2 heterocycles. The smallest absolute Gasteiger partial charge is 0.412 e. The first-order chi connectivity index (χ1) is 17.3. The van der Waals surface area contributed by atoms with Crippen molar-refractivity contribution in [3.63, 3.8) is 0 Å². The molecule has 11 heteroatoms. The van der Waals surface area contributed by atoms with Crippen LogP contribution in [0.1, 0.15) is 16.7 Å². The van der Waals surface area contributed by atoms with Gasteiger partial charge in [-0.2, -0.15) is 0 Å². The van der Waals surface area contributed by atoms with E-state index in [-0.39, 0.29) is 37.9 Å². The molecule has 0 radical (unpaired) electrons. The van der Waals surface area contributed by atoms with Gasteiger partial charge in [0, 0.05) is 29.6 Å². The SMILES string of the molecule is Cc1cc(OCc2cc(F)cc(F)c2)cc(OCc2csc3c(OC(=O)NCCO)cnc(N)c23)c1. The van der Waals surface area contributed by atoms with Gasteiger partial charge in [0.1, 0.15) is 42.2 Å². The summed E-state index contributed by atoms with van der Waals surface area (Å²) in [7, 11) is 0. The van der Waals surface area contributed by atoms with Crippen LogP contribution in [-0.4, -0.2) is 29.3 Å². The van der Waals surface area contributed by atoms with Gasteiger partial charge >= 0.3 is 6.09 Å². The van der Waals surface area contributed by atoms with Gasteiger partial charge in [0.15, 0.2) is 5.75 Å². The maximum Gasteiger partial charge on any atom is 0.412 e. The molecule has 4 aromatic rings. The van der Waals surface area contributed by atoms with Crippen molar-refractivity contribution in [2.75, 3.05) is 18.9 Å². The van der Waals surface area contributed by atoms with E-state index in [1.165, 1.54) is 29.7 Å². The van der Waals surface area contributed by atoms with E-state index >= 15 is 0 Å². The Kier molecular flexibility index (Phi) is 7.81. The topological polar surface area (TPSA) is 116 Å². The van der Waals surface area contributed by atoms with Crippen molar-refractivity contribution in [1.29, 1.82) is 0 Å². The van der Waals surface area contributed by atoms with Gasteiger partial charge in [-0.1, -0.05) is 0 Å². The molecular formula is C25H23F2N3O5S. The third kappa shape index (κ3) is 6.18. The first-order valence-corrected chi connectivity index (χ1v) is 11.7. The number of aliphatic hydroxyl groups excluding tert-OH is 1. The quantitative estimate of drug-likeness (QED) is 0.296. The molecule has 2 aromatic carbocycles. The Balaban J connectivity index is 1.47. The van der Waals surface area contributed by atoms with Gasteiger partial charge in [-0.3, -0.25) is 0 Å². The molecule has 0 aliphatic rings. The lowest BCUT2D eigenvalue weighted by atomic mass is 10.2. The van der Waals surface area contributed by atoms with Crippen LogP contribution in [0.15, 0.2) is 48.0 Å². The Bertz CT molecular complexity index is 1380. The maximum atomic E-state index is 13.4. The molecule has 4 rings (SSSR count). The number of benzene rings is 2. The zero-order valence-corrected chi connectivity index (χ0v) is 20.0. The molecule has 0 atom stereocenters. The lowest BCUT2D eigenvalue weighted by Crippen LogP contribution is -2.29. The molecule has 0 fully saturated rings. The van der Waals surface area contributed by atoms with Crippen molar-refractivity contribution in [2.24, 2.45) is 0 Å². The minimum Gasteiger partial charge on any atom is -0.489 e. The highest BCUT2D eigenvalue weighted by atomic mass is 32.1. The van der Waals surface area contributed by atoms with E-state index < -0.39 is 17.7 Å². The number of nitrogens with one attached hydrogen (secondary N) is 1. The number of carbonyl (C=O) groups is 1. The van der Waals surface area contributed by atoms with Crippen molar-refractivity contribution in [2.45, 2.75) is 20.1 Å². The minimum absolute atomic E-state index is 0.0103. The van der Waals surface area contributed by atoms with E-state index in [0.29, 0.717) is 27.1 Å². The van der Waals surface area contributed by atoms with Gasteiger partial charge in [0.2, 0.25) is 0 Å². The molecule has 0 saturated carbocycles. The fourth-order valence-electron chi connectivity index (χ4n) is 3.48. The Hall–Kier alpha value is -3.96. The predicted octanol–water partition coefficient (Wildman–Crippen LogP) is 4.70. The van der Waals surface area contributed by atoms with Gasteiger partial charge < -0.3 is 30.4 Å². The number of hydrogen-bond acceptors (Lipinski definition) is 8. The molecule has 0 bridgehead atoms. The lowest BCUT2D eigenvalue weighted by molar-refractivity contribution is 0.196. The monoisotopic (exact) mass is 515 g/mol. The van der Waals surface area contributed by atoms with Crippen molar-refractivity contribution in [3.05, 3.63) is 76.3 Å². The number of halogens is 2. The van der Waals surface area contributed by atoms with Gasteiger partial charge in [0.05, 0.1) is 17.5 Å². The van der Waals surface area contributed by atoms with Gasteiger partial charge in [0.25, 0.3) is 0 Å². The number of ether oxygens (including phenoxy) is 3. The van der Waals surface area contributed by atoms with E-state index in [0.717, 1.165) is 17.2 Å². The summed E-state index contributed by atoms with van der Waals surface area (Å²) in [6, 6.07) is 8.52. The summed E-state index contributed by atoms with van der Waals surface area (Å²) in [5, 5.41) is 13.7. The Morgan fingerprint density at radius 1 is 1.08 bits per heavy atom. The van der Waals surface area contributed by atoms with Crippen LogP contribution in [0.2, 0.25) is 0 Å². The van der Waals surface area contributed by atoms with E-state index in [1.807, 2.05) is 18.4 Å². The zero-order valence-electron chi connectivity index (χ0n) is 19.2. The second-order valence-corrected chi connectivity index (χ2v) is 8.73. The number of nitrogens with zero attached hydrogens (tertiary/aromatic N) is 1. The second-order valence-electron chi connectivity index (χ2n) is 7.85. The summed E-state index contributed by atoms with van der Waals surface area (Å²) < 4.78 is 44.5. The molecule has 0 spiro atoms. The Morgan fingerprint density at radius 3 is 2.47 bits per heavy atom. The highest BCUT2D eigenvalue weighted by Crippen LogP contribution is 2.37. The fraction of sp³-hybridized carbons (Fsp3) is 0.200. The highest BCUT2D eigenvalue weighted by Gasteiger charge is 2.16. The number of pyridine rings is 1. The number of aromatic nitrogens is 1. The highest BCUT2D eigenvalue weighted by molar-refractivity contribution is 7.17. The van der Waals surface area contributed by atoms with Crippen molar-refractivity contribution >= 4 is 33.3 Å². The number of aliphatic hydroxyl groups is 1. The molecule has 8 nitrogen and oxygen atoms in total. The van der Waals surface area contributed by atoms with Gasteiger partial charge in [-0.25, -0.2) is 18.6 Å². The average Bonchev–Trinajstić information content (AvgIpc) is 3.26. The number of anilines is 1. The third-order valence-electron chi connectivity index (χ3n) is 5.00. The van der Waals surface area contributed by atoms with Crippen molar-refractivity contribution in [3.8, 4) is 17.2 Å². The molecular weight excluding hydrogens is 492 g/mol. The molecule has 4 N–H and O–H groups in total. The number of hydrogen-bond donors (Lipinski definition) is 3. The zero-order chi connectivity index (χ0) is 25.7. The number of rotatable bonds is 9. The van der Waals surface area contributed by atoms with E-state index in [9.17, 15) is 13.6 Å². The van der Waals surface area contributed by atoms with Crippen LogP contribution >= 0.6 is 11.3 Å². The molecule has 0 aliphatic heterocycles. The fourth-order valence-corrected chi connectivity index (χ4v) is 4.49. The largest absolute Gasteiger partial charge is 0.489 e. The Morgan fingerprint density at radius 2 is 1.78 bits per heavy atom. The maximum absolute atomic E-state index is 13.4. The second kappa shape index (κ2) is 11.2. The number of nitrogens with two attached hydrogens (primary N) is 1. The summed E-state index contributed by atoms with van der Waals surface area (Å²) in [4.78, 5) is 16.0. The Labute approximate surface area is 209 Å². The average molecular weight is 516 g/mol. The summed E-state index contributed by atoms with van der Waals surface area (Å²) in [5.74, 6) is 0.179. The number of aryl methyl sites for hydroxylation is 1. The third-order valence-corrected chi connectivity index (χ3v) is 6.04. The van der Waals surface area contributed by atoms with Crippen LogP contribution in [0.4, 0.5) is 19.4 Å². The van der Waals surface area contributed by atoms with Gasteiger partial charge in [-0.15, -0.1) is 11.3 Å². The van der Waals surface area contributed by atoms with E-state index in [2.05, 4.69) is 10.3 Å². The first-order valence-electron chi connectivity index (χ1n) is 10.9. The molecule has 36 heavy (non-hydrogen) atoms. The van der Waals surface area contributed by atoms with Crippen LogP contribution < -0.4 is 25.3 Å². The van der Waals surface area contributed by atoms with Crippen LogP contribution in [-0.2, 0) is 13.2 Å². The van der Waals surface area contributed by atoms with Crippen LogP contribution in [0, 0.1) is 18.6 Å². The summed E-state index contributed by atoms with van der Waals surface area (Å²) >= 11 is 1.33. The number of amides is 1. The van der Waals surface area contributed by atoms with E-state index in [1.54, 1.807) is 12.1 Å². The lowest BCUT2D eigenvalue weighted by Gasteiger charge is -2.12. The molecule has 188 valence electrons. The number of thiophene rings is 1. The molecule has 0 saturated heterocycles. The molecule has 2 aromatic heterocycles. The van der Waals surface area contributed by atoms with Crippen LogP contribution in [0.3, 0.4) is 0 Å². The van der Waals surface area contributed by atoms with Gasteiger partial charge in [-0.05, 0) is 47.7 Å². The minimum atomic E-state index is -0.712. The van der Waals surface area contributed by atoms with Crippen LogP contribution in [0.5, 0.6) is 17.2 Å². The van der Waals surface area contributed by atoms with Crippen LogP contribution in [0.25, 0.3) is 10.1 Å². The summed E-state index contributed by atoms with van der Waals surface area (Å²) in [6.45, 7) is 1.87. The summed E-state index contributed by atoms with van der Waals surface area (Å²) in [5.41, 5.74) is 8.08. The van der Waals surface area contributed by atoms with Crippen molar-refractivity contribution < 1.29 is 32.9 Å². The van der Waals surface area contributed by atoms with Crippen molar-refractivity contribution in [1.82, 2.24) is 10.3 Å². The molecule has 1 amide bonds. The molecule has 0 aliphatic carbocycles. The first kappa shape index (κ1) is 25.1. The molecule has 0 unspecified atom stereocenters. The number of nitrogen functional groups attached to an aromatic ring is 1. The van der Waals surface area contributed by atoms with E-state index in [4.69, 9.17) is 25.1 Å².